The van der Waals surface area contributed by atoms with E-state index in [-0.39, 0.29) is 23.3 Å². The molecule has 0 aromatic carbocycles. The Bertz CT molecular complexity index is 885. The summed E-state index contributed by atoms with van der Waals surface area (Å²) in [6.07, 6.45) is 0.883. The highest BCUT2D eigenvalue weighted by molar-refractivity contribution is 5.75. The quantitative estimate of drug-likeness (QED) is 0.887. The summed E-state index contributed by atoms with van der Waals surface area (Å²) in [7, 11) is 1.54. The summed E-state index contributed by atoms with van der Waals surface area (Å²) >= 11 is 0. The molecule has 8 heteroatoms. The van der Waals surface area contributed by atoms with Crippen molar-refractivity contribution in [3.05, 3.63) is 20.8 Å². The molecule has 3 rings (SSSR count). The van der Waals surface area contributed by atoms with Crippen LogP contribution in [0.15, 0.2) is 9.59 Å². The molecule has 8 nitrogen and oxygen atoms in total. The van der Waals surface area contributed by atoms with Crippen LogP contribution in [0, 0.1) is 0 Å². The molecule has 2 aromatic heterocycles. The van der Waals surface area contributed by atoms with Crippen LogP contribution < -0.4 is 21.5 Å². The average molecular weight is 348 g/mol. The highest BCUT2D eigenvalue weighted by Crippen LogP contribution is 2.27. The van der Waals surface area contributed by atoms with Gasteiger partial charge < -0.3 is 14.8 Å². The molecule has 1 aliphatic rings. The van der Waals surface area contributed by atoms with E-state index in [1.54, 1.807) is 11.6 Å². The molecule has 2 aromatic rings. The van der Waals surface area contributed by atoms with Crippen molar-refractivity contribution < 1.29 is 0 Å². The number of hydrogen-bond acceptors (Lipinski definition) is 5. The fraction of sp³-hybridized carbons (Fsp3) is 0.706. The number of fused-ring (bicyclic) bond motifs is 1. The lowest BCUT2D eigenvalue weighted by Crippen LogP contribution is -2.44. The van der Waals surface area contributed by atoms with Gasteiger partial charge in [0.15, 0.2) is 11.2 Å². The lowest BCUT2D eigenvalue weighted by Gasteiger charge is -2.30. The van der Waals surface area contributed by atoms with Crippen LogP contribution in [0.4, 0.5) is 5.95 Å². The van der Waals surface area contributed by atoms with Gasteiger partial charge in [0, 0.05) is 45.3 Å². The largest absolute Gasteiger partial charge is 0.340 e. The standard InChI is InChI=1S/C17H28N6O2/c1-6-12(4)23-13-14(19-16(23)21-9-7-18-8-10-21)22(11(2)3)17(25)20(5)15(13)24/h11-12,18H,6-10H2,1-5H3. The van der Waals surface area contributed by atoms with Crippen LogP contribution >= 0.6 is 0 Å². The third kappa shape index (κ3) is 2.78. The Morgan fingerprint density at radius 3 is 2.32 bits per heavy atom. The van der Waals surface area contributed by atoms with Crippen LogP contribution in [0.25, 0.3) is 11.2 Å². The van der Waals surface area contributed by atoms with Crippen molar-refractivity contribution in [2.24, 2.45) is 7.05 Å². The lowest BCUT2D eigenvalue weighted by atomic mass is 10.2. The summed E-state index contributed by atoms with van der Waals surface area (Å²) in [5.41, 5.74) is 0.440. The Morgan fingerprint density at radius 1 is 1.12 bits per heavy atom. The number of imidazole rings is 1. The van der Waals surface area contributed by atoms with Crippen LogP contribution in [0.3, 0.4) is 0 Å². The zero-order chi connectivity index (χ0) is 18.3. The SMILES string of the molecule is CCC(C)n1c(N2CCNCC2)nc2c1c(=O)n(C)c(=O)n2C(C)C. The van der Waals surface area contributed by atoms with E-state index in [0.29, 0.717) is 11.2 Å². The zero-order valence-corrected chi connectivity index (χ0v) is 15.7. The monoisotopic (exact) mass is 348 g/mol. The molecular formula is C17H28N6O2. The van der Waals surface area contributed by atoms with E-state index in [1.165, 1.54) is 4.57 Å². The highest BCUT2D eigenvalue weighted by Gasteiger charge is 2.27. The van der Waals surface area contributed by atoms with Crippen molar-refractivity contribution in [3.63, 3.8) is 0 Å². The smallest absolute Gasteiger partial charge is 0.332 e. The van der Waals surface area contributed by atoms with Gasteiger partial charge in [-0.2, -0.15) is 4.98 Å². The summed E-state index contributed by atoms with van der Waals surface area (Å²) < 4.78 is 4.85. The van der Waals surface area contributed by atoms with Crippen molar-refractivity contribution in [2.75, 3.05) is 31.1 Å². The van der Waals surface area contributed by atoms with Crippen molar-refractivity contribution in [1.29, 1.82) is 0 Å². The van der Waals surface area contributed by atoms with E-state index in [9.17, 15) is 9.59 Å². The van der Waals surface area contributed by atoms with Crippen LogP contribution in [0.5, 0.6) is 0 Å². The van der Waals surface area contributed by atoms with E-state index < -0.39 is 0 Å². The number of nitrogens with one attached hydrogen (secondary N) is 1. The van der Waals surface area contributed by atoms with Gasteiger partial charge >= 0.3 is 5.69 Å². The summed E-state index contributed by atoms with van der Waals surface area (Å²) in [6, 6.07) is 0.0543. The normalized spacial score (nSPS) is 16.8. The van der Waals surface area contributed by atoms with E-state index in [1.807, 2.05) is 18.4 Å². The number of anilines is 1. The second kappa shape index (κ2) is 6.67. The second-order valence-electron chi connectivity index (χ2n) is 7.06. The van der Waals surface area contributed by atoms with E-state index in [4.69, 9.17) is 4.98 Å². The van der Waals surface area contributed by atoms with Crippen LogP contribution in [0.1, 0.15) is 46.2 Å². The minimum atomic E-state index is -0.312. The maximum absolute atomic E-state index is 12.9. The van der Waals surface area contributed by atoms with Crippen molar-refractivity contribution in [2.45, 2.75) is 46.2 Å². The van der Waals surface area contributed by atoms with Gasteiger partial charge in [-0.3, -0.25) is 13.9 Å². The first-order valence-electron chi connectivity index (χ1n) is 9.07. The Morgan fingerprint density at radius 2 is 1.76 bits per heavy atom. The van der Waals surface area contributed by atoms with Gasteiger partial charge in [0.1, 0.15) is 0 Å². The first kappa shape index (κ1) is 17.7. The first-order chi connectivity index (χ1) is 11.9. The van der Waals surface area contributed by atoms with Gasteiger partial charge in [0.25, 0.3) is 5.56 Å². The molecule has 0 radical (unpaired) electrons. The molecule has 25 heavy (non-hydrogen) atoms. The van der Waals surface area contributed by atoms with Gasteiger partial charge in [0.05, 0.1) is 0 Å². The van der Waals surface area contributed by atoms with E-state index >= 15 is 0 Å². The highest BCUT2D eigenvalue weighted by atomic mass is 16.2. The molecule has 1 fully saturated rings. The van der Waals surface area contributed by atoms with Crippen LogP contribution in [0.2, 0.25) is 0 Å². The van der Waals surface area contributed by atoms with E-state index in [2.05, 4.69) is 24.1 Å². The fourth-order valence-electron chi connectivity index (χ4n) is 3.43. The van der Waals surface area contributed by atoms with Gasteiger partial charge in [-0.25, -0.2) is 4.79 Å². The van der Waals surface area contributed by atoms with Gasteiger partial charge in [-0.1, -0.05) is 6.92 Å². The Kier molecular flexibility index (Phi) is 4.73. The molecule has 0 bridgehead atoms. The molecular weight excluding hydrogens is 320 g/mol. The van der Waals surface area contributed by atoms with Gasteiger partial charge in [-0.15, -0.1) is 0 Å². The predicted molar refractivity (Wildman–Crippen MR) is 99.7 cm³/mol. The predicted octanol–water partition coefficient (Wildman–Crippen LogP) is 0.858. The topological polar surface area (TPSA) is 77.1 Å². The molecule has 138 valence electrons. The Hall–Kier alpha value is -2.09. The molecule has 1 N–H and O–H groups in total. The number of piperazine rings is 1. The molecule has 0 spiro atoms. The molecule has 1 atom stereocenters. The van der Waals surface area contributed by atoms with Gasteiger partial charge in [-0.05, 0) is 27.2 Å². The number of rotatable bonds is 4. The third-order valence-electron chi connectivity index (χ3n) is 5.05. The third-order valence-corrected chi connectivity index (χ3v) is 5.05. The second-order valence-corrected chi connectivity index (χ2v) is 7.06. The molecule has 0 amide bonds. The minimum Gasteiger partial charge on any atom is -0.340 e. The lowest BCUT2D eigenvalue weighted by molar-refractivity contribution is 0.514. The average Bonchev–Trinajstić information content (AvgIpc) is 2.99. The molecule has 0 saturated carbocycles. The maximum Gasteiger partial charge on any atom is 0.332 e. The van der Waals surface area contributed by atoms with Crippen molar-refractivity contribution >= 4 is 17.1 Å². The molecule has 0 aliphatic carbocycles. The van der Waals surface area contributed by atoms with Crippen molar-refractivity contribution in [1.82, 2.24) is 24.0 Å². The zero-order valence-electron chi connectivity index (χ0n) is 15.7. The molecule has 1 saturated heterocycles. The minimum absolute atomic E-state index is 0.0713. The number of hydrogen-bond donors (Lipinski definition) is 1. The fourth-order valence-corrected chi connectivity index (χ4v) is 3.43. The number of nitrogens with zero attached hydrogens (tertiary/aromatic N) is 5. The maximum atomic E-state index is 12.9. The molecule has 3 heterocycles. The Balaban J connectivity index is 2.40. The Labute approximate surface area is 147 Å². The molecule has 1 unspecified atom stereocenters. The summed E-state index contributed by atoms with van der Waals surface area (Å²) in [6.45, 7) is 11.5. The molecule has 1 aliphatic heterocycles. The number of aromatic nitrogens is 4. The van der Waals surface area contributed by atoms with Crippen LogP contribution in [-0.2, 0) is 7.05 Å². The van der Waals surface area contributed by atoms with Gasteiger partial charge in [0.2, 0.25) is 5.95 Å². The summed E-state index contributed by atoms with van der Waals surface area (Å²) in [4.78, 5) is 32.6. The van der Waals surface area contributed by atoms with Crippen LogP contribution in [-0.4, -0.2) is 44.9 Å². The summed E-state index contributed by atoms with van der Waals surface area (Å²) in [5.74, 6) is 0.794. The van der Waals surface area contributed by atoms with E-state index in [0.717, 1.165) is 38.5 Å². The first-order valence-corrected chi connectivity index (χ1v) is 9.07. The van der Waals surface area contributed by atoms with Crippen molar-refractivity contribution in [3.8, 4) is 0 Å². The summed E-state index contributed by atoms with van der Waals surface area (Å²) in [5, 5.41) is 3.34.